The van der Waals surface area contributed by atoms with Gasteiger partial charge in [0.15, 0.2) is 4.34 Å². The molecule has 5 rings (SSSR count). The van der Waals surface area contributed by atoms with Crippen LogP contribution in [0.3, 0.4) is 0 Å². The number of hydrogen-bond acceptors (Lipinski definition) is 7. The predicted octanol–water partition coefficient (Wildman–Crippen LogP) is 4.58. The Hall–Kier alpha value is -3.17. The van der Waals surface area contributed by atoms with E-state index in [1.807, 2.05) is 36.4 Å². The number of carbonyl (C=O) groups excluding carboxylic acids is 1. The lowest BCUT2D eigenvalue weighted by Crippen LogP contribution is -2.16. The van der Waals surface area contributed by atoms with Crippen LogP contribution in [0.2, 0.25) is 0 Å². The number of para-hydroxylation sites is 1. The molecule has 1 amide bonds. The lowest BCUT2D eigenvalue weighted by Gasteiger charge is -2.16. The molecule has 2 aromatic carbocycles. The predicted molar refractivity (Wildman–Crippen MR) is 129 cm³/mol. The van der Waals surface area contributed by atoms with E-state index in [0.29, 0.717) is 15.3 Å². The molecule has 0 bridgehead atoms. The van der Waals surface area contributed by atoms with E-state index in [1.165, 1.54) is 47.1 Å². The fourth-order valence-electron chi connectivity index (χ4n) is 3.85. The Morgan fingerprint density at radius 2 is 1.88 bits per heavy atom. The lowest BCUT2D eigenvalue weighted by atomic mass is 9.90. The fraction of sp³-hybridized carbons (Fsp3) is 0.217. The van der Waals surface area contributed by atoms with E-state index in [0.717, 1.165) is 29.8 Å². The summed E-state index contributed by atoms with van der Waals surface area (Å²) in [6, 6.07) is 18.3. The van der Waals surface area contributed by atoms with Crippen molar-refractivity contribution in [3.8, 4) is 16.9 Å². The summed E-state index contributed by atoms with van der Waals surface area (Å²) in [5.74, 6) is 0.701. The standard InChI is InChI=1S/C23H22N6OS2/c24-22-26-27-23(32-22)31-14-21(30)25-20-13-19(28-29(20)18-8-2-1-3-9-18)17-11-10-15-6-4-5-7-16(15)12-17/h1-3,8-13H,4-7,14H2,(H2,24,26)(H,25,30). The summed E-state index contributed by atoms with van der Waals surface area (Å²) in [6.07, 6.45) is 4.74. The Bertz CT molecular complexity index is 1250. The van der Waals surface area contributed by atoms with Crippen molar-refractivity contribution in [2.24, 2.45) is 0 Å². The third kappa shape index (κ3) is 4.53. The first-order chi connectivity index (χ1) is 15.7. The van der Waals surface area contributed by atoms with Crippen LogP contribution in [0, 0.1) is 0 Å². The Morgan fingerprint density at radius 3 is 2.66 bits per heavy atom. The van der Waals surface area contributed by atoms with Crippen LogP contribution in [0.15, 0.2) is 58.9 Å². The van der Waals surface area contributed by atoms with E-state index in [9.17, 15) is 4.79 Å². The minimum Gasteiger partial charge on any atom is -0.374 e. The maximum absolute atomic E-state index is 12.7. The second-order valence-corrected chi connectivity index (χ2v) is 9.83. The number of fused-ring (bicyclic) bond motifs is 1. The second kappa shape index (κ2) is 9.13. The molecule has 0 unspecified atom stereocenters. The van der Waals surface area contributed by atoms with Gasteiger partial charge in [-0.2, -0.15) is 5.10 Å². The van der Waals surface area contributed by atoms with Gasteiger partial charge < -0.3 is 11.1 Å². The molecule has 1 aliphatic carbocycles. The summed E-state index contributed by atoms with van der Waals surface area (Å²) < 4.78 is 2.45. The minimum absolute atomic E-state index is 0.141. The van der Waals surface area contributed by atoms with Gasteiger partial charge in [-0.3, -0.25) is 4.79 Å². The highest BCUT2D eigenvalue weighted by Crippen LogP contribution is 2.30. The average Bonchev–Trinajstić information content (AvgIpc) is 3.44. The van der Waals surface area contributed by atoms with Gasteiger partial charge in [0.25, 0.3) is 0 Å². The maximum atomic E-state index is 12.7. The lowest BCUT2D eigenvalue weighted by molar-refractivity contribution is -0.113. The Labute approximate surface area is 194 Å². The van der Waals surface area contributed by atoms with Crippen molar-refractivity contribution in [2.75, 3.05) is 16.8 Å². The zero-order valence-corrected chi connectivity index (χ0v) is 19.0. The summed E-state index contributed by atoms with van der Waals surface area (Å²) in [6.45, 7) is 0. The molecule has 162 valence electrons. The highest BCUT2D eigenvalue weighted by atomic mass is 32.2. The number of carbonyl (C=O) groups is 1. The van der Waals surface area contributed by atoms with Crippen LogP contribution >= 0.6 is 23.1 Å². The number of rotatable bonds is 6. The fourth-order valence-corrected chi connectivity index (χ4v) is 5.29. The van der Waals surface area contributed by atoms with Gasteiger partial charge in [-0.1, -0.05) is 53.4 Å². The van der Waals surface area contributed by atoms with Crippen molar-refractivity contribution >= 4 is 40.0 Å². The third-order valence-corrected chi connectivity index (χ3v) is 7.26. The summed E-state index contributed by atoms with van der Waals surface area (Å²) in [4.78, 5) is 12.7. The van der Waals surface area contributed by atoms with Crippen molar-refractivity contribution < 1.29 is 4.79 Å². The molecule has 0 saturated carbocycles. The number of aromatic nitrogens is 4. The zero-order valence-electron chi connectivity index (χ0n) is 17.3. The summed E-state index contributed by atoms with van der Waals surface area (Å²) in [5.41, 5.74) is 11.2. The molecular formula is C23H22N6OS2. The molecule has 0 atom stereocenters. The van der Waals surface area contributed by atoms with E-state index < -0.39 is 0 Å². The second-order valence-electron chi connectivity index (χ2n) is 7.60. The molecule has 2 aromatic heterocycles. The first-order valence-corrected chi connectivity index (χ1v) is 12.3. The molecule has 2 heterocycles. The van der Waals surface area contributed by atoms with Gasteiger partial charge in [-0.25, -0.2) is 4.68 Å². The largest absolute Gasteiger partial charge is 0.374 e. The van der Waals surface area contributed by atoms with Crippen LogP contribution in [0.1, 0.15) is 24.0 Å². The van der Waals surface area contributed by atoms with Gasteiger partial charge >= 0.3 is 0 Å². The number of thioether (sulfide) groups is 1. The highest BCUT2D eigenvalue weighted by Gasteiger charge is 2.16. The molecule has 32 heavy (non-hydrogen) atoms. The van der Waals surface area contributed by atoms with Gasteiger partial charge in [0, 0.05) is 11.6 Å². The topological polar surface area (TPSA) is 98.7 Å². The van der Waals surface area contributed by atoms with Crippen LogP contribution in [-0.4, -0.2) is 31.6 Å². The average molecular weight is 463 g/mol. The third-order valence-electron chi connectivity index (χ3n) is 5.37. The Morgan fingerprint density at radius 1 is 1.06 bits per heavy atom. The number of nitrogen functional groups attached to an aromatic ring is 1. The Balaban J connectivity index is 1.42. The molecule has 1 aliphatic rings. The van der Waals surface area contributed by atoms with Crippen LogP contribution < -0.4 is 11.1 Å². The van der Waals surface area contributed by atoms with E-state index in [-0.39, 0.29) is 11.7 Å². The SMILES string of the molecule is Nc1nnc(SCC(=O)Nc2cc(-c3ccc4c(c3)CCCC4)nn2-c2ccccc2)s1. The van der Waals surface area contributed by atoms with E-state index >= 15 is 0 Å². The quantitative estimate of drug-likeness (QED) is 0.407. The van der Waals surface area contributed by atoms with E-state index in [1.54, 1.807) is 4.68 Å². The number of hydrogen-bond donors (Lipinski definition) is 2. The van der Waals surface area contributed by atoms with Gasteiger partial charge in [-0.15, -0.1) is 10.2 Å². The van der Waals surface area contributed by atoms with Crippen LogP contribution in [0.5, 0.6) is 0 Å². The zero-order chi connectivity index (χ0) is 21.9. The molecular weight excluding hydrogens is 440 g/mol. The Kier molecular flexibility index (Phi) is 5.91. The number of anilines is 2. The van der Waals surface area contributed by atoms with Gasteiger partial charge in [-0.05, 0) is 55.0 Å². The molecule has 0 spiro atoms. The van der Waals surface area contributed by atoms with Gasteiger partial charge in [0.05, 0.1) is 17.1 Å². The summed E-state index contributed by atoms with van der Waals surface area (Å²) in [5, 5.41) is 16.0. The molecule has 0 saturated heterocycles. The van der Waals surface area contributed by atoms with Crippen molar-refractivity contribution in [1.82, 2.24) is 20.0 Å². The van der Waals surface area contributed by atoms with Crippen molar-refractivity contribution in [2.45, 2.75) is 30.0 Å². The van der Waals surface area contributed by atoms with Crippen molar-refractivity contribution in [3.05, 3.63) is 65.7 Å². The normalized spacial score (nSPS) is 13.0. The molecule has 9 heteroatoms. The highest BCUT2D eigenvalue weighted by molar-refractivity contribution is 8.01. The van der Waals surface area contributed by atoms with Crippen LogP contribution in [0.4, 0.5) is 10.9 Å². The monoisotopic (exact) mass is 462 g/mol. The number of aryl methyl sites for hydroxylation is 2. The molecule has 3 N–H and O–H groups in total. The van der Waals surface area contributed by atoms with Crippen molar-refractivity contribution in [3.63, 3.8) is 0 Å². The molecule has 0 aliphatic heterocycles. The van der Waals surface area contributed by atoms with Crippen LogP contribution in [-0.2, 0) is 17.6 Å². The van der Waals surface area contributed by atoms with Crippen LogP contribution in [0.25, 0.3) is 16.9 Å². The molecule has 4 aromatic rings. The van der Waals surface area contributed by atoms with Gasteiger partial charge in [0.2, 0.25) is 11.0 Å². The maximum Gasteiger partial charge on any atom is 0.235 e. The number of benzene rings is 2. The molecule has 0 fully saturated rings. The first-order valence-electron chi connectivity index (χ1n) is 10.4. The number of nitrogens with one attached hydrogen (secondary N) is 1. The first kappa shape index (κ1) is 20.7. The number of nitrogens with zero attached hydrogens (tertiary/aromatic N) is 4. The van der Waals surface area contributed by atoms with Crippen molar-refractivity contribution in [1.29, 1.82) is 0 Å². The van der Waals surface area contributed by atoms with Gasteiger partial charge in [0.1, 0.15) is 5.82 Å². The number of amides is 1. The summed E-state index contributed by atoms with van der Waals surface area (Å²) >= 11 is 2.58. The molecule has 7 nitrogen and oxygen atoms in total. The summed E-state index contributed by atoms with van der Waals surface area (Å²) in [7, 11) is 0. The molecule has 0 radical (unpaired) electrons. The van der Waals surface area contributed by atoms with E-state index in [2.05, 4.69) is 33.7 Å². The smallest absolute Gasteiger partial charge is 0.235 e. The number of nitrogens with two attached hydrogens (primary N) is 1. The minimum atomic E-state index is -0.141. The van der Waals surface area contributed by atoms with E-state index in [4.69, 9.17) is 10.8 Å².